The van der Waals surface area contributed by atoms with E-state index in [1.165, 1.54) is 32.1 Å². The molecular weight excluding hydrogens is 489 g/mol. The summed E-state index contributed by atoms with van der Waals surface area (Å²) in [5.74, 6) is -0.824. The fourth-order valence-electron chi connectivity index (χ4n) is 5.99. The predicted molar refractivity (Wildman–Crippen MR) is 158 cm³/mol. The molecule has 0 aliphatic heterocycles. The van der Waals surface area contributed by atoms with Gasteiger partial charge in [-0.15, -0.1) is 6.58 Å². The molecule has 0 aromatic heterocycles. The third-order valence-electron chi connectivity index (χ3n) is 8.54. The quantitative estimate of drug-likeness (QED) is 0.152. The molecule has 0 N–H and O–H groups in total. The minimum atomic E-state index is -0.804. The molecule has 0 heterocycles. The summed E-state index contributed by atoms with van der Waals surface area (Å²) in [7, 11) is 0. The van der Waals surface area contributed by atoms with Crippen molar-refractivity contribution in [3.05, 3.63) is 95.8 Å². The average molecular weight is 533 g/mol. The Balaban J connectivity index is 1.37. The zero-order valence-corrected chi connectivity index (χ0v) is 23.5. The van der Waals surface area contributed by atoms with E-state index in [4.69, 9.17) is 0 Å². The van der Waals surface area contributed by atoms with E-state index >= 15 is 8.78 Å². The van der Waals surface area contributed by atoms with Gasteiger partial charge in [0, 0.05) is 11.1 Å². The van der Waals surface area contributed by atoms with Crippen LogP contribution < -0.4 is 0 Å². The highest BCUT2D eigenvalue weighted by Crippen LogP contribution is 2.38. The molecule has 0 spiro atoms. The molecule has 1 aliphatic carbocycles. The molecule has 1 fully saturated rings. The van der Waals surface area contributed by atoms with Gasteiger partial charge in [0.2, 0.25) is 0 Å². The summed E-state index contributed by atoms with van der Waals surface area (Å²) in [5.41, 5.74) is 3.58. The van der Waals surface area contributed by atoms with Crippen molar-refractivity contribution >= 4 is 0 Å². The minimum Gasteiger partial charge on any atom is -0.206 e. The summed E-state index contributed by atoms with van der Waals surface area (Å²) < 4.78 is 45.0. The lowest BCUT2D eigenvalue weighted by Crippen LogP contribution is -2.11. The maximum absolute atomic E-state index is 15.1. The van der Waals surface area contributed by atoms with Crippen molar-refractivity contribution in [3.63, 3.8) is 0 Å². The molecule has 0 unspecified atom stereocenters. The highest BCUT2D eigenvalue weighted by atomic mass is 19.2. The van der Waals surface area contributed by atoms with Crippen LogP contribution >= 0.6 is 0 Å². The van der Waals surface area contributed by atoms with Gasteiger partial charge in [-0.2, -0.15) is 0 Å². The highest BCUT2D eigenvalue weighted by molar-refractivity contribution is 5.71. The Morgan fingerprint density at radius 1 is 0.692 bits per heavy atom. The Bertz CT molecular complexity index is 1200. The summed E-state index contributed by atoms with van der Waals surface area (Å²) in [6.45, 7) is 6.12. The lowest BCUT2D eigenvalue weighted by molar-refractivity contribution is 0.375. The zero-order chi connectivity index (χ0) is 27.6. The van der Waals surface area contributed by atoms with Crippen molar-refractivity contribution in [1.29, 1.82) is 0 Å². The fraction of sp³-hybridized carbons (Fsp3) is 0.444. The first-order valence-electron chi connectivity index (χ1n) is 15.0. The summed E-state index contributed by atoms with van der Waals surface area (Å²) in [4.78, 5) is 0. The van der Waals surface area contributed by atoms with Crippen molar-refractivity contribution in [2.45, 2.75) is 96.3 Å². The molecule has 0 bridgehead atoms. The first-order valence-corrected chi connectivity index (χ1v) is 15.0. The van der Waals surface area contributed by atoms with E-state index in [9.17, 15) is 4.39 Å². The number of halogens is 3. The topological polar surface area (TPSA) is 0 Å². The molecule has 0 amide bonds. The SMILES string of the molecule is C=CC1CCC(c2ccc(-c3ccc(-c4ccc(CCCCCCCCCC)c(F)c4F)cc3)c(F)c2)CC1. The number of allylic oxidation sites excluding steroid dienone is 1. The Hall–Kier alpha value is -2.81. The van der Waals surface area contributed by atoms with Crippen LogP contribution in [0.1, 0.15) is 101 Å². The van der Waals surface area contributed by atoms with Crippen LogP contribution in [-0.4, -0.2) is 0 Å². The molecule has 3 heteroatoms. The van der Waals surface area contributed by atoms with Gasteiger partial charge in [-0.3, -0.25) is 0 Å². The maximum atomic E-state index is 15.1. The van der Waals surface area contributed by atoms with Gasteiger partial charge < -0.3 is 0 Å². The second-order valence-corrected chi connectivity index (χ2v) is 11.3. The van der Waals surface area contributed by atoms with Crippen LogP contribution in [0.3, 0.4) is 0 Å². The molecule has 0 atom stereocenters. The van der Waals surface area contributed by atoms with Gasteiger partial charge in [-0.25, -0.2) is 13.2 Å². The molecule has 1 saturated carbocycles. The van der Waals surface area contributed by atoms with E-state index in [0.717, 1.165) is 56.1 Å². The Morgan fingerprint density at radius 3 is 1.90 bits per heavy atom. The third kappa shape index (κ3) is 7.65. The van der Waals surface area contributed by atoms with E-state index in [2.05, 4.69) is 13.5 Å². The number of hydrogen-bond donors (Lipinski definition) is 0. The number of benzene rings is 3. The van der Waals surface area contributed by atoms with Crippen LogP contribution in [0.2, 0.25) is 0 Å². The van der Waals surface area contributed by atoms with Crippen LogP contribution in [0.25, 0.3) is 22.3 Å². The van der Waals surface area contributed by atoms with Crippen LogP contribution in [0.15, 0.2) is 67.3 Å². The smallest absolute Gasteiger partial charge is 0.166 e. The molecule has 208 valence electrons. The number of unbranched alkanes of at least 4 members (excludes halogenated alkanes) is 7. The van der Waals surface area contributed by atoms with Gasteiger partial charge >= 0.3 is 0 Å². The summed E-state index contributed by atoms with van der Waals surface area (Å²) in [5, 5.41) is 0. The van der Waals surface area contributed by atoms with Crippen molar-refractivity contribution in [3.8, 4) is 22.3 Å². The van der Waals surface area contributed by atoms with Gasteiger partial charge in [0.25, 0.3) is 0 Å². The zero-order valence-electron chi connectivity index (χ0n) is 23.5. The van der Waals surface area contributed by atoms with Gasteiger partial charge in [-0.05, 0) is 78.7 Å². The summed E-state index contributed by atoms with van der Waals surface area (Å²) >= 11 is 0. The Labute approximate surface area is 233 Å². The van der Waals surface area contributed by atoms with Crippen LogP contribution in [-0.2, 0) is 6.42 Å². The van der Waals surface area contributed by atoms with Gasteiger partial charge in [-0.1, -0.05) is 106 Å². The fourth-order valence-corrected chi connectivity index (χ4v) is 5.99. The number of rotatable bonds is 13. The lowest BCUT2D eigenvalue weighted by Gasteiger charge is -2.27. The van der Waals surface area contributed by atoms with Gasteiger partial charge in [0.1, 0.15) is 5.82 Å². The van der Waals surface area contributed by atoms with Crippen molar-refractivity contribution < 1.29 is 13.2 Å². The molecule has 0 nitrogen and oxygen atoms in total. The van der Waals surface area contributed by atoms with Crippen molar-refractivity contribution in [2.75, 3.05) is 0 Å². The van der Waals surface area contributed by atoms with Crippen molar-refractivity contribution in [2.24, 2.45) is 5.92 Å². The molecule has 3 aromatic carbocycles. The molecule has 4 rings (SSSR count). The van der Waals surface area contributed by atoms with E-state index in [-0.39, 0.29) is 11.4 Å². The van der Waals surface area contributed by atoms with E-state index in [1.807, 2.05) is 18.2 Å². The summed E-state index contributed by atoms with van der Waals surface area (Å²) in [6.07, 6.45) is 16.3. The average Bonchev–Trinajstić information content (AvgIpc) is 2.97. The highest BCUT2D eigenvalue weighted by Gasteiger charge is 2.22. The predicted octanol–water partition coefficient (Wildman–Crippen LogP) is 11.6. The van der Waals surface area contributed by atoms with Crippen LogP contribution in [0, 0.1) is 23.4 Å². The number of hydrogen-bond acceptors (Lipinski definition) is 0. The van der Waals surface area contributed by atoms with Gasteiger partial charge in [0.15, 0.2) is 11.6 Å². The first kappa shape index (κ1) is 29.2. The largest absolute Gasteiger partial charge is 0.206 e. The number of aryl methyl sites for hydroxylation is 1. The Kier molecular flexibility index (Phi) is 10.9. The molecule has 39 heavy (non-hydrogen) atoms. The molecular formula is C36H43F3. The molecule has 0 saturated heterocycles. The Morgan fingerprint density at radius 2 is 1.28 bits per heavy atom. The second-order valence-electron chi connectivity index (χ2n) is 11.3. The van der Waals surface area contributed by atoms with Crippen molar-refractivity contribution in [1.82, 2.24) is 0 Å². The standard InChI is InChI=1S/C36H43F3/c1-3-5-6-7-8-9-10-11-12-30-21-24-33(36(39)35(30)38)29-19-17-28(18-20-29)32-23-22-31(25-34(32)37)27-15-13-26(4-2)14-16-27/h4,17-27H,2-3,5-16H2,1H3. The van der Waals surface area contributed by atoms with E-state index in [1.54, 1.807) is 42.5 Å². The second kappa shape index (κ2) is 14.5. The minimum absolute atomic E-state index is 0.240. The van der Waals surface area contributed by atoms with E-state index < -0.39 is 11.6 Å². The first-order chi connectivity index (χ1) is 19.0. The van der Waals surface area contributed by atoms with E-state index in [0.29, 0.717) is 34.9 Å². The van der Waals surface area contributed by atoms with Gasteiger partial charge in [0.05, 0.1) is 0 Å². The van der Waals surface area contributed by atoms with Crippen LogP contribution in [0.4, 0.5) is 13.2 Å². The third-order valence-corrected chi connectivity index (χ3v) is 8.54. The molecule has 1 aliphatic rings. The summed E-state index contributed by atoms with van der Waals surface area (Å²) in [6, 6.07) is 16.0. The molecule has 0 radical (unpaired) electrons. The van der Waals surface area contributed by atoms with Crippen LogP contribution in [0.5, 0.6) is 0 Å². The maximum Gasteiger partial charge on any atom is 0.166 e. The molecule has 3 aromatic rings. The normalized spacial score (nSPS) is 17.3. The monoisotopic (exact) mass is 532 g/mol. The lowest BCUT2D eigenvalue weighted by atomic mass is 9.78.